The van der Waals surface area contributed by atoms with Crippen molar-refractivity contribution < 1.29 is 0 Å². The number of nitrogens with two attached hydrogens (primary N) is 1. The molecule has 3 heterocycles. The Morgan fingerprint density at radius 3 is 2.95 bits per heavy atom. The van der Waals surface area contributed by atoms with Crippen LogP contribution in [0.2, 0.25) is 0 Å². The number of aromatic nitrogens is 4. The van der Waals surface area contributed by atoms with Crippen LogP contribution in [0, 0.1) is 0 Å². The Bertz CT molecular complexity index is 750. The summed E-state index contributed by atoms with van der Waals surface area (Å²) in [6.07, 6.45) is 4.48. The molecule has 3 N–H and O–H groups in total. The number of halogens is 1. The van der Waals surface area contributed by atoms with E-state index in [0.717, 1.165) is 38.9 Å². The molecule has 3 aromatic rings. The van der Waals surface area contributed by atoms with Crippen molar-refractivity contribution >= 4 is 32.9 Å². The van der Waals surface area contributed by atoms with Crippen molar-refractivity contribution in [3.63, 3.8) is 0 Å². The number of H-pyrrole nitrogens is 1. The zero-order valence-corrected chi connectivity index (χ0v) is 11.9. The van der Waals surface area contributed by atoms with E-state index < -0.39 is 0 Å². The predicted molar refractivity (Wildman–Crippen MR) is 78.6 cm³/mol. The molecule has 0 bridgehead atoms. The number of fused-ring (bicyclic) bond motifs is 1. The lowest BCUT2D eigenvalue weighted by molar-refractivity contribution is 1.01. The van der Waals surface area contributed by atoms with Gasteiger partial charge in [-0.25, -0.2) is 15.0 Å². The van der Waals surface area contributed by atoms with Crippen LogP contribution in [0.4, 0.5) is 5.95 Å². The highest BCUT2D eigenvalue weighted by Crippen LogP contribution is 2.28. The molecule has 0 spiro atoms. The van der Waals surface area contributed by atoms with Gasteiger partial charge in [-0.2, -0.15) is 0 Å². The van der Waals surface area contributed by atoms with Crippen molar-refractivity contribution in [1.29, 1.82) is 0 Å². The number of hydrogen-bond donors (Lipinski definition) is 2. The van der Waals surface area contributed by atoms with Crippen molar-refractivity contribution in [3.8, 4) is 11.3 Å². The number of nitrogens with one attached hydrogen (secondary N) is 1. The van der Waals surface area contributed by atoms with Crippen LogP contribution in [0.15, 0.2) is 29.0 Å². The molecule has 0 amide bonds. The number of pyridine rings is 1. The van der Waals surface area contributed by atoms with E-state index in [4.69, 9.17) is 5.73 Å². The third kappa shape index (κ3) is 2.19. The second-order valence-corrected chi connectivity index (χ2v) is 5.12. The van der Waals surface area contributed by atoms with Crippen LogP contribution in [0.5, 0.6) is 0 Å². The van der Waals surface area contributed by atoms with Crippen molar-refractivity contribution in [2.45, 2.75) is 13.3 Å². The van der Waals surface area contributed by atoms with Gasteiger partial charge in [-0.15, -0.1) is 0 Å². The average Bonchev–Trinajstić information content (AvgIpc) is 2.80. The van der Waals surface area contributed by atoms with Crippen LogP contribution in [0.3, 0.4) is 0 Å². The van der Waals surface area contributed by atoms with E-state index in [2.05, 4.69) is 35.9 Å². The Kier molecular flexibility index (Phi) is 2.94. The van der Waals surface area contributed by atoms with Crippen molar-refractivity contribution in [3.05, 3.63) is 34.7 Å². The van der Waals surface area contributed by atoms with Crippen LogP contribution < -0.4 is 5.73 Å². The zero-order chi connectivity index (χ0) is 13.4. The fourth-order valence-electron chi connectivity index (χ4n) is 2.03. The molecular weight excluding hydrogens is 306 g/mol. The first-order chi connectivity index (χ1) is 9.17. The van der Waals surface area contributed by atoms with E-state index >= 15 is 0 Å². The molecule has 0 aliphatic carbocycles. The minimum atomic E-state index is 0.298. The molecule has 0 aliphatic heterocycles. The quantitative estimate of drug-likeness (QED) is 0.761. The summed E-state index contributed by atoms with van der Waals surface area (Å²) < 4.78 is 0.929. The lowest BCUT2D eigenvalue weighted by Gasteiger charge is -2.03. The van der Waals surface area contributed by atoms with Crippen LogP contribution in [-0.4, -0.2) is 19.9 Å². The third-order valence-corrected chi connectivity index (χ3v) is 3.37. The Morgan fingerprint density at radius 2 is 2.16 bits per heavy atom. The van der Waals surface area contributed by atoms with Gasteiger partial charge < -0.3 is 10.7 Å². The molecule has 0 saturated carbocycles. The van der Waals surface area contributed by atoms with Crippen molar-refractivity contribution in [2.75, 3.05) is 5.73 Å². The Morgan fingerprint density at radius 1 is 1.32 bits per heavy atom. The van der Waals surface area contributed by atoms with Gasteiger partial charge in [-0.3, -0.25) is 0 Å². The first kappa shape index (κ1) is 12.1. The van der Waals surface area contributed by atoms with Gasteiger partial charge in [-0.05, 0) is 34.5 Å². The van der Waals surface area contributed by atoms with Gasteiger partial charge in [0.2, 0.25) is 5.95 Å². The smallest absolute Gasteiger partial charge is 0.220 e. The van der Waals surface area contributed by atoms with Gasteiger partial charge in [0.25, 0.3) is 0 Å². The number of rotatable bonds is 2. The first-order valence-corrected chi connectivity index (χ1v) is 6.73. The third-order valence-electron chi connectivity index (χ3n) is 2.93. The number of aromatic amines is 1. The monoisotopic (exact) mass is 317 g/mol. The molecule has 3 aromatic heterocycles. The van der Waals surface area contributed by atoms with E-state index in [-0.39, 0.29) is 0 Å². The van der Waals surface area contributed by atoms with Crippen LogP contribution in [-0.2, 0) is 6.42 Å². The maximum Gasteiger partial charge on any atom is 0.220 e. The van der Waals surface area contributed by atoms with Gasteiger partial charge in [-0.1, -0.05) is 6.92 Å². The molecule has 0 aliphatic rings. The SMILES string of the molecule is CCc1cc(-c2c[nH]c3ncc(Br)cc23)nc(N)n1. The standard InChI is InChI=1S/C13H12BrN5/c1-2-8-4-11(19-13(15)18-8)10-6-17-12-9(10)3-7(14)5-16-12/h3-6H,2H2,1H3,(H,16,17)(H2,15,18,19). The summed E-state index contributed by atoms with van der Waals surface area (Å²) >= 11 is 3.43. The number of anilines is 1. The lowest BCUT2D eigenvalue weighted by atomic mass is 10.1. The summed E-state index contributed by atoms with van der Waals surface area (Å²) in [4.78, 5) is 16.0. The molecule has 0 aromatic carbocycles. The molecule has 0 fully saturated rings. The van der Waals surface area contributed by atoms with Crippen LogP contribution >= 0.6 is 15.9 Å². The van der Waals surface area contributed by atoms with Gasteiger partial charge in [0, 0.05) is 33.5 Å². The van der Waals surface area contributed by atoms with Crippen molar-refractivity contribution in [1.82, 2.24) is 19.9 Å². The fraction of sp³-hybridized carbons (Fsp3) is 0.154. The topological polar surface area (TPSA) is 80.5 Å². The Hall–Kier alpha value is -1.95. The number of nitrogen functional groups attached to an aromatic ring is 1. The second-order valence-electron chi connectivity index (χ2n) is 4.21. The molecule has 5 nitrogen and oxygen atoms in total. The van der Waals surface area contributed by atoms with Crippen molar-refractivity contribution in [2.24, 2.45) is 0 Å². The number of aryl methyl sites for hydroxylation is 1. The second kappa shape index (κ2) is 4.62. The van der Waals surface area contributed by atoms with E-state index in [9.17, 15) is 0 Å². The highest BCUT2D eigenvalue weighted by molar-refractivity contribution is 9.10. The van der Waals surface area contributed by atoms with E-state index in [0.29, 0.717) is 5.95 Å². The predicted octanol–water partition coefficient (Wildman–Crippen LogP) is 2.93. The van der Waals surface area contributed by atoms with Crippen LogP contribution in [0.25, 0.3) is 22.3 Å². The molecule has 3 rings (SSSR count). The average molecular weight is 318 g/mol. The number of hydrogen-bond acceptors (Lipinski definition) is 4. The van der Waals surface area contributed by atoms with E-state index in [1.165, 1.54) is 0 Å². The molecule has 6 heteroatoms. The summed E-state index contributed by atoms with van der Waals surface area (Å²) in [7, 11) is 0. The highest BCUT2D eigenvalue weighted by Gasteiger charge is 2.10. The van der Waals surface area contributed by atoms with Gasteiger partial charge >= 0.3 is 0 Å². The molecule has 19 heavy (non-hydrogen) atoms. The van der Waals surface area contributed by atoms with Gasteiger partial charge in [0.05, 0.1) is 5.69 Å². The molecule has 0 atom stereocenters. The van der Waals surface area contributed by atoms with Gasteiger partial charge in [0.1, 0.15) is 5.65 Å². The Balaban J connectivity index is 2.24. The Labute approximate surface area is 118 Å². The van der Waals surface area contributed by atoms with Gasteiger partial charge in [0.15, 0.2) is 0 Å². The highest BCUT2D eigenvalue weighted by atomic mass is 79.9. The summed E-state index contributed by atoms with van der Waals surface area (Å²) in [6.45, 7) is 2.04. The molecule has 0 unspecified atom stereocenters. The maximum absolute atomic E-state index is 5.76. The molecule has 96 valence electrons. The summed E-state index contributed by atoms with van der Waals surface area (Å²) in [5.41, 5.74) is 9.31. The molecular formula is C13H12BrN5. The van der Waals surface area contributed by atoms with Crippen LogP contribution in [0.1, 0.15) is 12.6 Å². The lowest BCUT2D eigenvalue weighted by Crippen LogP contribution is -1.99. The minimum absolute atomic E-state index is 0.298. The van der Waals surface area contributed by atoms with E-state index in [1.54, 1.807) is 6.20 Å². The maximum atomic E-state index is 5.76. The summed E-state index contributed by atoms with van der Waals surface area (Å²) in [6, 6.07) is 3.97. The molecule has 0 saturated heterocycles. The zero-order valence-electron chi connectivity index (χ0n) is 10.3. The fourth-order valence-corrected chi connectivity index (χ4v) is 2.36. The number of nitrogens with zero attached hydrogens (tertiary/aromatic N) is 3. The van der Waals surface area contributed by atoms with E-state index in [1.807, 2.05) is 25.3 Å². The first-order valence-electron chi connectivity index (χ1n) is 5.94. The minimum Gasteiger partial charge on any atom is -0.368 e. The summed E-state index contributed by atoms with van der Waals surface area (Å²) in [5, 5.41) is 1.01. The molecule has 0 radical (unpaired) electrons. The normalized spacial score (nSPS) is 11.1. The largest absolute Gasteiger partial charge is 0.368 e. The summed E-state index contributed by atoms with van der Waals surface area (Å²) in [5.74, 6) is 0.298.